The van der Waals surface area contributed by atoms with Crippen molar-refractivity contribution in [3.05, 3.63) is 29.8 Å². The molecule has 0 aromatic heterocycles. The van der Waals surface area contributed by atoms with Crippen LogP contribution in [0, 0.1) is 5.92 Å². The van der Waals surface area contributed by atoms with E-state index < -0.39 is 59.9 Å². The van der Waals surface area contributed by atoms with Crippen molar-refractivity contribution >= 4 is 36.3 Å². The Morgan fingerprint density at radius 3 is 1.91 bits per heavy atom. The summed E-state index contributed by atoms with van der Waals surface area (Å²) >= 11 is 3.92. The Labute approximate surface area is 197 Å². The number of phenolic OH excluding ortho intramolecular Hbond substituents is 1. The predicted molar refractivity (Wildman–Crippen MR) is 124 cm³/mol. The summed E-state index contributed by atoms with van der Waals surface area (Å²) in [5.74, 6) is -3.95. The minimum Gasteiger partial charge on any atom is -0.508 e. The van der Waals surface area contributed by atoms with E-state index >= 15 is 0 Å². The van der Waals surface area contributed by atoms with Gasteiger partial charge in [-0.2, -0.15) is 12.6 Å². The number of aliphatic hydroxyl groups is 1. The molecule has 0 aliphatic heterocycles. The number of benzene rings is 1. The molecule has 5 unspecified atom stereocenters. The number of hydrogen-bond acceptors (Lipinski definition) is 8. The lowest BCUT2D eigenvalue weighted by atomic mass is 10.0. The number of hydrogen-bond donors (Lipinski definition) is 8. The molecule has 3 amide bonds. The maximum Gasteiger partial charge on any atom is 0.326 e. The third-order valence-electron chi connectivity index (χ3n) is 4.83. The van der Waals surface area contributed by atoms with E-state index in [9.17, 15) is 34.5 Å². The van der Waals surface area contributed by atoms with Crippen LogP contribution in [0.5, 0.6) is 5.75 Å². The Balaban J connectivity index is 2.94. The van der Waals surface area contributed by atoms with Crippen LogP contribution in [0.1, 0.15) is 26.3 Å². The summed E-state index contributed by atoms with van der Waals surface area (Å²) in [5.41, 5.74) is 6.15. The van der Waals surface area contributed by atoms with E-state index in [1.807, 2.05) is 0 Å². The predicted octanol–water partition coefficient (Wildman–Crippen LogP) is -1.23. The lowest BCUT2D eigenvalue weighted by Gasteiger charge is -2.28. The molecule has 1 aromatic rings. The molecule has 0 saturated heterocycles. The summed E-state index contributed by atoms with van der Waals surface area (Å²) in [7, 11) is 0. The van der Waals surface area contributed by atoms with E-state index in [4.69, 9.17) is 5.73 Å². The van der Waals surface area contributed by atoms with Crippen molar-refractivity contribution < 1.29 is 34.5 Å². The van der Waals surface area contributed by atoms with E-state index in [1.165, 1.54) is 31.2 Å². The number of aliphatic hydroxyl groups excluding tert-OH is 1. The number of nitrogens with one attached hydrogen (secondary N) is 3. The zero-order valence-corrected chi connectivity index (χ0v) is 19.6. The Kier molecular flexibility index (Phi) is 11.1. The highest BCUT2D eigenvalue weighted by molar-refractivity contribution is 7.80. The number of carboxylic acid groups (broad SMARTS) is 1. The molecule has 0 saturated carbocycles. The van der Waals surface area contributed by atoms with Gasteiger partial charge in [0.25, 0.3) is 0 Å². The molecule has 5 atom stereocenters. The number of rotatable bonds is 12. The summed E-state index contributed by atoms with van der Waals surface area (Å²) in [6.07, 6.45) is -1.34. The summed E-state index contributed by atoms with van der Waals surface area (Å²) < 4.78 is 0. The molecule has 11 nitrogen and oxygen atoms in total. The monoisotopic (exact) mass is 484 g/mol. The van der Waals surface area contributed by atoms with Gasteiger partial charge in [0.15, 0.2) is 0 Å². The van der Waals surface area contributed by atoms with Gasteiger partial charge in [-0.05, 0) is 30.5 Å². The van der Waals surface area contributed by atoms with Crippen molar-refractivity contribution in [3.63, 3.8) is 0 Å². The van der Waals surface area contributed by atoms with Crippen molar-refractivity contribution in [2.75, 3.05) is 5.75 Å². The maximum absolute atomic E-state index is 12.8. The normalized spacial score (nSPS) is 15.6. The average Bonchev–Trinajstić information content (AvgIpc) is 2.74. The van der Waals surface area contributed by atoms with E-state index in [-0.39, 0.29) is 17.9 Å². The first-order valence-electron chi connectivity index (χ1n) is 10.3. The Bertz CT molecular complexity index is 832. The van der Waals surface area contributed by atoms with Gasteiger partial charge in [0.05, 0.1) is 12.1 Å². The first kappa shape index (κ1) is 28.2. The van der Waals surface area contributed by atoms with Gasteiger partial charge in [0.2, 0.25) is 17.7 Å². The van der Waals surface area contributed by atoms with Crippen molar-refractivity contribution in [3.8, 4) is 5.75 Å². The fourth-order valence-electron chi connectivity index (χ4n) is 2.86. The van der Waals surface area contributed by atoms with Crippen LogP contribution in [-0.2, 0) is 25.6 Å². The lowest BCUT2D eigenvalue weighted by molar-refractivity contribution is -0.142. The highest BCUT2D eigenvalue weighted by atomic mass is 32.1. The fraction of sp³-hybridized carbons (Fsp3) is 0.524. The number of phenols is 1. The lowest BCUT2D eigenvalue weighted by Crippen LogP contribution is -2.61. The van der Waals surface area contributed by atoms with Gasteiger partial charge >= 0.3 is 5.97 Å². The number of thiol groups is 1. The molecule has 0 bridgehead atoms. The molecule has 184 valence electrons. The van der Waals surface area contributed by atoms with Crippen LogP contribution >= 0.6 is 12.6 Å². The molecule has 0 aliphatic carbocycles. The molecular weight excluding hydrogens is 452 g/mol. The van der Waals surface area contributed by atoms with Crippen LogP contribution in [0.3, 0.4) is 0 Å². The molecular formula is C21H32N4O7S. The summed E-state index contributed by atoms with van der Waals surface area (Å²) in [6, 6.07) is 1.05. The van der Waals surface area contributed by atoms with E-state index in [0.29, 0.717) is 5.56 Å². The number of nitrogens with two attached hydrogens (primary N) is 1. The van der Waals surface area contributed by atoms with Gasteiger partial charge in [-0.15, -0.1) is 0 Å². The number of carbonyl (C=O) groups excluding carboxylic acids is 3. The van der Waals surface area contributed by atoms with Crippen molar-refractivity contribution in [1.82, 2.24) is 16.0 Å². The summed E-state index contributed by atoms with van der Waals surface area (Å²) in [5, 5.41) is 36.0. The van der Waals surface area contributed by atoms with Crippen LogP contribution < -0.4 is 21.7 Å². The quantitative estimate of drug-likeness (QED) is 0.169. The zero-order chi connectivity index (χ0) is 25.3. The minimum atomic E-state index is -1.38. The second-order valence-electron chi connectivity index (χ2n) is 8.02. The summed E-state index contributed by atoms with van der Waals surface area (Å²) in [6.45, 7) is 4.58. The smallest absolute Gasteiger partial charge is 0.326 e. The Hall–Kier alpha value is -2.83. The Morgan fingerprint density at radius 1 is 0.939 bits per heavy atom. The van der Waals surface area contributed by atoms with Crippen LogP contribution in [0.15, 0.2) is 24.3 Å². The topological polar surface area (TPSA) is 191 Å². The van der Waals surface area contributed by atoms with Crippen molar-refractivity contribution in [2.24, 2.45) is 11.7 Å². The van der Waals surface area contributed by atoms with Crippen molar-refractivity contribution in [1.29, 1.82) is 0 Å². The van der Waals surface area contributed by atoms with Crippen molar-refractivity contribution in [2.45, 2.75) is 57.5 Å². The maximum atomic E-state index is 12.8. The molecule has 33 heavy (non-hydrogen) atoms. The van der Waals surface area contributed by atoms with Crippen LogP contribution in [0.4, 0.5) is 0 Å². The standard InChI is InChI=1S/C21H32N4O7S/c1-10(2)16(24-20(30)17(11(3)26)25-18(28)14(22)9-33)19(29)23-15(21(31)32)8-12-4-6-13(27)7-5-12/h4-7,10-11,14-17,26-27,33H,8-9,22H2,1-3H3,(H,23,29)(H,24,30)(H,25,28)(H,31,32). The molecule has 0 aliphatic rings. The number of aliphatic carboxylic acids is 1. The number of aromatic hydroxyl groups is 1. The highest BCUT2D eigenvalue weighted by Gasteiger charge is 2.33. The first-order chi connectivity index (χ1) is 15.4. The molecule has 8 N–H and O–H groups in total. The largest absolute Gasteiger partial charge is 0.508 e. The van der Waals surface area contributed by atoms with E-state index in [1.54, 1.807) is 13.8 Å². The molecule has 0 heterocycles. The van der Waals surface area contributed by atoms with Gasteiger partial charge in [-0.3, -0.25) is 14.4 Å². The SMILES string of the molecule is CC(C)C(NC(=O)C(NC(=O)C(N)CS)C(C)O)C(=O)NC(Cc1ccc(O)cc1)C(=O)O. The van der Waals surface area contributed by atoms with Crippen LogP contribution in [0.25, 0.3) is 0 Å². The summed E-state index contributed by atoms with van der Waals surface area (Å²) in [4.78, 5) is 49.3. The van der Waals surface area contributed by atoms with Gasteiger partial charge < -0.3 is 37.0 Å². The van der Waals surface area contributed by atoms with Crippen LogP contribution in [0.2, 0.25) is 0 Å². The van der Waals surface area contributed by atoms with Gasteiger partial charge in [0, 0.05) is 12.2 Å². The fourth-order valence-corrected chi connectivity index (χ4v) is 3.02. The second-order valence-corrected chi connectivity index (χ2v) is 8.38. The molecule has 0 spiro atoms. The highest BCUT2D eigenvalue weighted by Crippen LogP contribution is 2.12. The van der Waals surface area contributed by atoms with Gasteiger partial charge in [-0.1, -0.05) is 26.0 Å². The second kappa shape index (κ2) is 13.0. The number of carboxylic acids is 1. The third-order valence-corrected chi connectivity index (χ3v) is 5.23. The number of amides is 3. The van der Waals surface area contributed by atoms with Gasteiger partial charge in [0.1, 0.15) is 23.9 Å². The molecule has 12 heteroatoms. The Morgan fingerprint density at radius 2 is 1.45 bits per heavy atom. The average molecular weight is 485 g/mol. The van der Waals surface area contributed by atoms with E-state index in [2.05, 4.69) is 28.6 Å². The molecule has 1 rings (SSSR count). The van der Waals surface area contributed by atoms with Gasteiger partial charge in [-0.25, -0.2) is 4.79 Å². The first-order valence-corrected chi connectivity index (χ1v) is 11.0. The molecule has 0 fully saturated rings. The molecule has 0 radical (unpaired) electrons. The third kappa shape index (κ3) is 8.91. The van der Waals surface area contributed by atoms with E-state index in [0.717, 1.165) is 0 Å². The minimum absolute atomic E-state index is 0.0207. The molecule has 1 aromatic carbocycles. The van der Waals surface area contributed by atoms with Crippen LogP contribution in [-0.4, -0.2) is 75.0 Å². The number of carbonyl (C=O) groups is 4. The zero-order valence-electron chi connectivity index (χ0n) is 18.7.